The van der Waals surface area contributed by atoms with Gasteiger partial charge in [-0.25, -0.2) is 0 Å². The van der Waals surface area contributed by atoms with Crippen LogP contribution in [0.3, 0.4) is 0 Å². The summed E-state index contributed by atoms with van der Waals surface area (Å²) in [6.45, 7) is 2.15. The molecule has 0 bridgehead atoms. The van der Waals surface area contributed by atoms with Crippen LogP contribution < -0.4 is 5.32 Å². The summed E-state index contributed by atoms with van der Waals surface area (Å²) in [7, 11) is 1.56. The summed E-state index contributed by atoms with van der Waals surface area (Å²) in [6, 6.07) is 3.29. The Hall–Kier alpha value is -1.73. The molecule has 90 valence electrons. The van der Waals surface area contributed by atoms with Crippen LogP contribution in [0.15, 0.2) is 16.5 Å². The average molecular weight is 253 g/mol. The number of hydrogen-bond acceptors (Lipinski definition) is 6. The zero-order valence-electron chi connectivity index (χ0n) is 9.39. The van der Waals surface area contributed by atoms with Gasteiger partial charge in [0.05, 0.1) is 0 Å². The molecule has 0 saturated heterocycles. The highest BCUT2D eigenvalue weighted by Crippen LogP contribution is 2.16. The van der Waals surface area contributed by atoms with Crippen molar-refractivity contribution in [3.8, 4) is 0 Å². The van der Waals surface area contributed by atoms with Crippen LogP contribution in [0.1, 0.15) is 21.3 Å². The number of furan rings is 1. The molecule has 0 spiro atoms. The maximum absolute atomic E-state index is 11.7. The van der Waals surface area contributed by atoms with E-state index >= 15 is 0 Å². The molecule has 6 nitrogen and oxygen atoms in total. The summed E-state index contributed by atoms with van der Waals surface area (Å²) in [5.41, 5.74) is 0. The Morgan fingerprint density at radius 1 is 1.53 bits per heavy atom. The molecule has 2 rings (SSSR count). The Morgan fingerprint density at radius 2 is 2.35 bits per heavy atom. The maximum Gasteiger partial charge on any atom is 0.293 e. The Labute approximate surface area is 102 Å². The van der Waals surface area contributed by atoms with Gasteiger partial charge in [0.15, 0.2) is 5.76 Å². The molecule has 0 aliphatic rings. The van der Waals surface area contributed by atoms with Crippen molar-refractivity contribution >= 4 is 22.4 Å². The van der Waals surface area contributed by atoms with Gasteiger partial charge in [-0.2, -0.15) is 0 Å². The Morgan fingerprint density at radius 3 is 3.00 bits per heavy atom. The van der Waals surface area contributed by atoms with E-state index in [-0.39, 0.29) is 11.7 Å². The third-order valence-electron chi connectivity index (χ3n) is 1.92. The van der Waals surface area contributed by atoms with Crippen molar-refractivity contribution in [2.75, 3.05) is 12.4 Å². The number of rotatable bonds is 4. The molecule has 2 aromatic rings. The van der Waals surface area contributed by atoms with Crippen LogP contribution in [0.2, 0.25) is 0 Å². The smallest absolute Gasteiger partial charge is 0.293 e. The number of aryl methyl sites for hydroxylation is 1. The number of hydrogen-bond donors (Lipinski definition) is 1. The van der Waals surface area contributed by atoms with Gasteiger partial charge in [0, 0.05) is 7.11 Å². The molecule has 0 atom stereocenters. The second-order valence-corrected chi connectivity index (χ2v) is 4.46. The summed E-state index contributed by atoms with van der Waals surface area (Å²) in [6.07, 6.45) is 0. The molecule has 7 heteroatoms. The highest BCUT2D eigenvalue weighted by Gasteiger charge is 2.13. The number of methoxy groups -OCH3 is 1. The van der Waals surface area contributed by atoms with E-state index in [0.29, 0.717) is 17.5 Å². The van der Waals surface area contributed by atoms with Crippen molar-refractivity contribution in [1.82, 2.24) is 10.2 Å². The minimum Gasteiger partial charge on any atom is -0.453 e. The normalized spacial score (nSPS) is 10.5. The molecule has 0 aromatic carbocycles. The highest BCUT2D eigenvalue weighted by atomic mass is 32.1. The molecule has 2 heterocycles. The first-order valence-electron chi connectivity index (χ1n) is 4.88. The summed E-state index contributed by atoms with van der Waals surface area (Å²) < 4.78 is 10.2. The fourth-order valence-electron chi connectivity index (χ4n) is 1.23. The van der Waals surface area contributed by atoms with Gasteiger partial charge in [0.25, 0.3) is 5.91 Å². The van der Waals surface area contributed by atoms with Crippen LogP contribution in [0.4, 0.5) is 5.13 Å². The zero-order chi connectivity index (χ0) is 12.3. The molecular weight excluding hydrogens is 242 g/mol. The van der Waals surface area contributed by atoms with E-state index < -0.39 is 0 Å². The Bertz CT molecular complexity index is 520. The topological polar surface area (TPSA) is 77.2 Å². The molecule has 0 fully saturated rings. The minimum atomic E-state index is -0.344. The molecule has 2 aromatic heterocycles. The number of aromatic nitrogens is 2. The van der Waals surface area contributed by atoms with E-state index in [9.17, 15) is 4.79 Å². The predicted octanol–water partition coefficient (Wildman–Crippen LogP) is 1.84. The summed E-state index contributed by atoms with van der Waals surface area (Å²) in [4.78, 5) is 11.7. The van der Waals surface area contributed by atoms with Gasteiger partial charge >= 0.3 is 0 Å². The van der Waals surface area contributed by atoms with Gasteiger partial charge in [0.1, 0.15) is 17.4 Å². The third kappa shape index (κ3) is 2.89. The van der Waals surface area contributed by atoms with E-state index in [2.05, 4.69) is 15.5 Å². The van der Waals surface area contributed by atoms with Crippen LogP contribution in [-0.4, -0.2) is 23.2 Å². The molecule has 0 unspecified atom stereocenters. The minimum absolute atomic E-state index is 0.227. The SMILES string of the molecule is COCc1ccc(C(=O)Nc2nnc(C)s2)o1. The Kier molecular flexibility index (Phi) is 3.50. The summed E-state index contributed by atoms with van der Waals surface area (Å²) >= 11 is 1.31. The number of nitrogens with one attached hydrogen (secondary N) is 1. The fraction of sp³-hybridized carbons (Fsp3) is 0.300. The van der Waals surface area contributed by atoms with Crippen molar-refractivity contribution in [3.05, 3.63) is 28.7 Å². The van der Waals surface area contributed by atoms with Gasteiger partial charge in [-0.15, -0.1) is 10.2 Å². The van der Waals surface area contributed by atoms with Crippen LogP contribution in [0.25, 0.3) is 0 Å². The highest BCUT2D eigenvalue weighted by molar-refractivity contribution is 7.15. The van der Waals surface area contributed by atoms with E-state index in [1.165, 1.54) is 11.3 Å². The zero-order valence-corrected chi connectivity index (χ0v) is 10.2. The monoisotopic (exact) mass is 253 g/mol. The lowest BCUT2D eigenvalue weighted by molar-refractivity contribution is 0.0987. The second kappa shape index (κ2) is 5.07. The first-order valence-corrected chi connectivity index (χ1v) is 5.70. The molecule has 0 radical (unpaired) electrons. The van der Waals surface area contributed by atoms with Gasteiger partial charge < -0.3 is 9.15 Å². The number of carbonyl (C=O) groups is 1. The number of carbonyl (C=O) groups excluding carboxylic acids is 1. The molecule has 1 N–H and O–H groups in total. The average Bonchev–Trinajstić information content (AvgIpc) is 2.88. The standard InChI is InChI=1S/C10H11N3O3S/c1-6-12-13-10(17-6)11-9(14)8-4-3-7(16-8)5-15-2/h3-4H,5H2,1-2H3,(H,11,13,14). The van der Waals surface area contributed by atoms with Crippen LogP contribution in [0.5, 0.6) is 0 Å². The second-order valence-electron chi connectivity index (χ2n) is 3.28. The Balaban J connectivity index is 2.03. The van der Waals surface area contributed by atoms with Crippen LogP contribution in [0, 0.1) is 6.92 Å². The van der Waals surface area contributed by atoms with E-state index in [1.807, 2.05) is 6.92 Å². The number of anilines is 1. The van der Waals surface area contributed by atoms with E-state index in [0.717, 1.165) is 5.01 Å². The van der Waals surface area contributed by atoms with Crippen LogP contribution in [-0.2, 0) is 11.3 Å². The molecule has 17 heavy (non-hydrogen) atoms. The van der Waals surface area contributed by atoms with Gasteiger partial charge in [-0.05, 0) is 19.1 Å². The number of ether oxygens (including phenoxy) is 1. The summed E-state index contributed by atoms with van der Waals surface area (Å²) in [5, 5.41) is 11.4. The van der Waals surface area contributed by atoms with Gasteiger partial charge in [-0.1, -0.05) is 11.3 Å². The lowest BCUT2D eigenvalue weighted by Gasteiger charge is -1.97. The quantitative estimate of drug-likeness (QED) is 0.899. The van der Waals surface area contributed by atoms with Crippen LogP contribution >= 0.6 is 11.3 Å². The molecular formula is C10H11N3O3S. The molecule has 1 amide bonds. The van der Waals surface area contributed by atoms with Crippen molar-refractivity contribution in [3.63, 3.8) is 0 Å². The largest absolute Gasteiger partial charge is 0.453 e. The first-order chi connectivity index (χ1) is 8.19. The third-order valence-corrected chi connectivity index (χ3v) is 2.67. The number of nitrogens with zero attached hydrogens (tertiary/aromatic N) is 2. The number of amides is 1. The fourth-order valence-corrected chi connectivity index (χ4v) is 1.81. The van der Waals surface area contributed by atoms with Crippen molar-refractivity contribution in [2.45, 2.75) is 13.5 Å². The molecule has 0 aliphatic heterocycles. The lowest BCUT2D eigenvalue weighted by Crippen LogP contribution is -2.10. The first kappa shape index (κ1) is 11.7. The van der Waals surface area contributed by atoms with Gasteiger partial charge in [-0.3, -0.25) is 10.1 Å². The molecule has 0 saturated carbocycles. The van der Waals surface area contributed by atoms with E-state index in [4.69, 9.17) is 9.15 Å². The molecule has 0 aliphatic carbocycles. The lowest BCUT2D eigenvalue weighted by atomic mass is 10.4. The van der Waals surface area contributed by atoms with Crippen molar-refractivity contribution in [2.24, 2.45) is 0 Å². The van der Waals surface area contributed by atoms with Crippen molar-refractivity contribution < 1.29 is 13.9 Å². The predicted molar refractivity (Wildman–Crippen MR) is 62.0 cm³/mol. The van der Waals surface area contributed by atoms with Gasteiger partial charge in [0.2, 0.25) is 5.13 Å². The maximum atomic E-state index is 11.7. The van der Waals surface area contributed by atoms with E-state index in [1.54, 1.807) is 19.2 Å². The summed E-state index contributed by atoms with van der Waals surface area (Å²) in [5.74, 6) is 0.486. The van der Waals surface area contributed by atoms with Crippen molar-refractivity contribution in [1.29, 1.82) is 0 Å².